The van der Waals surface area contributed by atoms with Crippen molar-refractivity contribution in [1.82, 2.24) is 0 Å². The molecular formula is C13H18. The fourth-order valence-electron chi connectivity index (χ4n) is 1.57. The summed E-state index contributed by atoms with van der Waals surface area (Å²) in [7, 11) is 0. The first-order valence-corrected chi connectivity index (χ1v) is 5.21. The summed E-state index contributed by atoms with van der Waals surface area (Å²) in [6, 6.07) is 0. The highest BCUT2D eigenvalue weighted by Crippen LogP contribution is 2.25. The second kappa shape index (κ2) is 5.65. The van der Waals surface area contributed by atoms with Gasteiger partial charge in [0.2, 0.25) is 0 Å². The Hall–Kier alpha value is -0.960. The van der Waals surface area contributed by atoms with Crippen molar-refractivity contribution in [1.29, 1.82) is 0 Å². The monoisotopic (exact) mass is 174 g/mol. The Morgan fingerprint density at radius 3 is 3.00 bits per heavy atom. The summed E-state index contributed by atoms with van der Waals surface area (Å²) in [5, 5.41) is 0. The van der Waals surface area contributed by atoms with Crippen LogP contribution in [0.15, 0.2) is 23.8 Å². The largest absolute Gasteiger partial charge is 0.0988 e. The molecule has 1 rings (SSSR count). The maximum absolute atomic E-state index is 3.81. The minimum atomic E-state index is 1.05. The first-order chi connectivity index (χ1) is 6.38. The summed E-state index contributed by atoms with van der Waals surface area (Å²) >= 11 is 0. The van der Waals surface area contributed by atoms with Crippen LogP contribution < -0.4 is 0 Å². The van der Waals surface area contributed by atoms with Gasteiger partial charge in [-0.05, 0) is 31.3 Å². The molecule has 0 saturated carbocycles. The standard InChI is InChI=1S/C13H18/c1-3-5-6-7-9-13-11-8-10-12(13)4-2/h4H,2-3,5-6,8,10-11H2,1H3. The normalized spacial score (nSPS) is 15.5. The number of unbranched alkanes of at least 4 members (excludes halogenated alkanes) is 2. The molecule has 70 valence electrons. The molecule has 0 radical (unpaired) electrons. The summed E-state index contributed by atoms with van der Waals surface area (Å²) in [6.45, 7) is 6.01. The van der Waals surface area contributed by atoms with Crippen molar-refractivity contribution in [2.75, 3.05) is 0 Å². The van der Waals surface area contributed by atoms with Gasteiger partial charge in [-0.1, -0.05) is 37.8 Å². The molecule has 0 spiro atoms. The van der Waals surface area contributed by atoms with Gasteiger partial charge in [0.05, 0.1) is 0 Å². The van der Waals surface area contributed by atoms with Crippen molar-refractivity contribution in [3.8, 4) is 11.8 Å². The van der Waals surface area contributed by atoms with E-state index < -0.39 is 0 Å². The van der Waals surface area contributed by atoms with Gasteiger partial charge in [-0.2, -0.15) is 0 Å². The second-order valence-electron chi connectivity index (χ2n) is 3.47. The fourth-order valence-corrected chi connectivity index (χ4v) is 1.57. The molecule has 0 atom stereocenters. The molecule has 1 aliphatic rings. The Balaban J connectivity index is 2.49. The number of hydrogen-bond acceptors (Lipinski definition) is 0. The summed E-state index contributed by atoms with van der Waals surface area (Å²) in [4.78, 5) is 0. The van der Waals surface area contributed by atoms with Crippen molar-refractivity contribution >= 4 is 0 Å². The molecule has 0 N–H and O–H groups in total. The summed E-state index contributed by atoms with van der Waals surface area (Å²) < 4.78 is 0. The Bertz CT molecular complexity index is 257. The third kappa shape index (κ3) is 3.11. The maximum Gasteiger partial charge on any atom is 0.00922 e. The molecule has 0 nitrogen and oxygen atoms in total. The highest BCUT2D eigenvalue weighted by atomic mass is 14.1. The van der Waals surface area contributed by atoms with Gasteiger partial charge in [-0.3, -0.25) is 0 Å². The summed E-state index contributed by atoms with van der Waals surface area (Å²) in [5.41, 5.74) is 2.72. The minimum Gasteiger partial charge on any atom is -0.0988 e. The van der Waals surface area contributed by atoms with Gasteiger partial charge in [0.1, 0.15) is 0 Å². The van der Waals surface area contributed by atoms with E-state index in [2.05, 4.69) is 25.3 Å². The molecule has 0 aromatic rings. The van der Waals surface area contributed by atoms with Crippen molar-refractivity contribution in [3.05, 3.63) is 23.8 Å². The topological polar surface area (TPSA) is 0 Å². The molecule has 0 heteroatoms. The van der Waals surface area contributed by atoms with Crippen molar-refractivity contribution in [2.45, 2.75) is 45.4 Å². The second-order valence-corrected chi connectivity index (χ2v) is 3.47. The van der Waals surface area contributed by atoms with Crippen molar-refractivity contribution in [3.63, 3.8) is 0 Å². The van der Waals surface area contributed by atoms with Gasteiger partial charge in [0.25, 0.3) is 0 Å². The highest BCUT2D eigenvalue weighted by Gasteiger charge is 2.08. The zero-order valence-corrected chi connectivity index (χ0v) is 8.53. The fraction of sp³-hybridized carbons (Fsp3) is 0.538. The van der Waals surface area contributed by atoms with E-state index in [4.69, 9.17) is 0 Å². The van der Waals surface area contributed by atoms with Crippen LogP contribution in [0.3, 0.4) is 0 Å². The number of hydrogen-bond donors (Lipinski definition) is 0. The van der Waals surface area contributed by atoms with Crippen LogP contribution in [0.1, 0.15) is 45.4 Å². The molecule has 0 bridgehead atoms. The van der Waals surface area contributed by atoms with Gasteiger partial charge >= 0.3 is 0 Å². The number of rotatable bonds is 3. The Labute approximate surface area is 81.7 Å². The first-order valence-electron chi connectivity index (χ1n) is 5.21. The van der Waals surface area contributed by atoms with Crippen LogP contribution in [0, 0.1) is 11.8 Å². The predicted octanol–water partition coefficient (Wildman–Crippen LogP) is 3.85. The summed E-state index contributed by atoms with van der Waals surface area (Å²) in [5.74, 6) is 6.51. The zero-order chi connectivity index (χ0) is 9.52. The first kappa shape index (κ1) is 10.1. The molecule has 0 fully saturated rings. The van der Waals surface area contributed by atoms with Crippen LogP contribution in [-0.2, 0) is 0 Å². The van der Waals surface area contributed by atoms with E-state index in [0.717, 1.165) is 6.42 Å². The van der Waals surface area contributed by atoms with Crippen LogP contribution in [0.2, 0.25) is 0 Å². The molecule has 0 unspecified atom stereocenters. The van der Waals surface area contributed by atoms with Crippen LogP contribution in [0.4, 0.5) is 0 Å². The molecular weight excluding hydrogens is 156 g/mol. The maximum atomic E-state index is 3.81. The lowest BCUT2D eigenvalue weighted by atomic mass is 10.1. The molecule has 0 aromatic carbocycles. The van der Waals surface area contributed by atoms with Crippen LogP contribution >= 0.6 is 0 Å². The molecule has 0 heterocycles. The Morgan fingerprint density at radius 2 is 2.31 bits per heavy atom. The van der Waals surface area contributed by atoms with E-state index in [0.29, 0.717) is 0 Å². The van der Waals surface area contributed by atoms with Crippen LogP contribution in [-0.4, -0.2) is 0 Å². The Kier molecular flexibility index (Phi) is 4.40. The lowest BCUT2D eigenvalue weighted by Crippen LogP contribution is -1.76. The van der Waals surface area contributed by atoms with E-state index in [1.165, 1.54) is 43.3 Å². The third-order valence-electron chi connectivity index (χ3n) is 2.40. The zero-order valence-electron chi connectivity index (χ0n) is 8.53. The lowest BCUT2D eigenvalue weighted by molar-refractivity contribution is 0.828. The number of allylic oxidation sites excluding steroid dienone is 3. The van der Waals surface area contributed by atoms with Crippen LogP contribution in [0.25, 0.3) is 0 Å². The average molecular weight is 174 g/mol. The van der Waals surface area contributed by atoms with E-state index >= 15 is 0 Å². The minimum absolute atomic E-state index is 1.05. The third-order valence-corrected chi connectivity index (χ3v) is 2.40. The smallest absolute Gasteiger partial charge is 0.00922 e. The lowest BCUT2D eigenvalue weighted by Gasteiger charge is -1.91. The van der Waals surface area contributed by atoms with Gasteiger partial charge < -0.3 is 0 Å². The van der Waals surface area contributed by atoms with Gasteiger partial charge in [0, 0.05) is 12.0 Å². The molecule has 0 aromatic heterocycles. The molecule has 0 amide bonds. The van der Waals surface area contributed by atoms with Gasteiger partial charge in [0.15, 0.2) is 0 Å². The highest BCUT2D eigenvalue weighted by molar-refractivity contribution is 5.41. The van der Waals surface area contributed by atoms with E-state index in [1.54, 1.807) is 0 Å². The van der Waals surface area contributed by atoms with E-state index in [9.17, 15) is 0 Å². The predicted molar refractivity (Wildman–Crippen MR) is 58.4 cm³/mol. The molecule has 1 aliphatic carbocycles. The summed E-state index contributed by atoms with van der Waals surface area (Å²) in [6.07, 6.45) is 9.09. The molecule has 0 aliphatic heterocycles. The van der Waals surface area contributed by atoms with E-state index in [-0.39, 0.29) is 0 Å². The van der Waals surface area contributed by atoms with Crippen molar-refractivity contribution in [2.24, 2.45) is 0 Å². The Morgan fingerprint density at radius 1 is 1.46 bits per heavy atom. The molecule has 13 heavy (non-hydrogen) atoms. The van der Waals surface area contributed by atoms with Gasteiger partial charge in [-0.25, -0.2) is 0 Å². The van der Waals surface area contributed by atoms with E-state index in [1.807, 2.05) is 6.08 Å². The van der Waals surface area contributed by atoms with Crippen LogP contribution in [0.5, 0.6) is 0 Å². The SMILES string of the molecule is C=CC1=C(C#CCCCC)CCC1. The quantitative estimate of drug-likeness (QED) is 0.450. The van der Waals surface area contributed by atoms with Crippen molar-refractivity contribution < 1.29 is 0 Å². The molecule has 0 saturated heterocycles. The average Bonchev–Trinajstić information content (AvgIpc) is 2.60. The van der Waals surface area contributed by atoms with Gasteiger partial charge in [-0.15, -0.1) is 0 Å².